The lowest BCUT2D eigenvalue weighted by atomic mass is 10.1. The van der Waals surface area contributed by atoms with Crippen molar-refractivity contribution in [3.63, 3.8) is 0 Å². The van der Waals surface area contributed by atoms with E-state index < -0.39 is 33.7 Å². The van der Waals surface area contributed by atoms with Crippen LogP contribution in [-0.2, 0) is 24.2 Å². The normalized spacial score (nSPS) is 18.6. The minimum absolute atomic E-state index is 0.165. The molecule has 1 amide bonds. The maximum Gasteiger partial charge on any atom is 0.323 e. The van der Waals surface area contributed by atoms with E-state index in [0.717, 1.165) is 12.0 Å². The van der Waals surface area contributed by atoms with Crippen LogP contribution in [0.1, 0.15) is 31.7 Å². The number of amides is 1. The van der Waals surface area contributed by atoms with Crippen LogP contribution >= 0.6 is 0 Å². The van der Waals surface area contributed by atoms with Gasteiger partial charge >= 0.3 is 5.97 Å². The quantitative estimate of drug-likeness (QED) is 0.662. The van der Waals surface area contributed by atoms with Crippen molar-refractivity contribution in [3.05, 3.63) is 29.8 Å². The van der Waals surface area contributed by atoms with E-state index in [2.05, 4.69) is 10.6 Å². The lowest BCUT2D eigenvalue weighted by Gasteiger charge is -2.20. The fourth-order valence-electron chi connectivity index (χ4n) is 2.59. The third kappa shape index (κ3) is 5.27. The first kappa shape index (κ1) is 19.4. The van der Waals surface area contributed by atoms with E-state index in [1.54, 1.807) is 12.1 Å². The molecule has 2 rings (SSSR count). The first-order chi connectivity index (χ1) is 11.8. The molecule has 0 saturated carbocycles. The standard InChI is InChI=1S/C17H24N2O5S/c1-3-4-14(19-15-9-10-24-17(15)21)16(20)18-11-25(22,23)13-7-5-12(2)6-8-13/h5-8,14-15,19H,3-4,9-11H2,1-2H3,(H,18,20)/t14-,15-/m0/s1. The summed E-state index contributed by atoms with van der Waals surface area (Å²) >= 11 is 0. The van der Waals surface area contributed by atoms with Crippen molar-refractivity contribution in [2.45, 2.75) is 50.1 Å². The molecule has 0 aliphatic carbocycles. The molecule has 7 nitrogen and oxygen atoms in total. The Bertz CT molecular complexity index is 715. The zero-order valence-corrected chi connectivity index (χ0v) is 15.3. The second-order valence-electron chi connectivity index (χ2n) is 6.13. The SMILES string of the molecule is CCC[C@H](N[C@H]1CCOC1=O)C(=O)NCS(=O)(=O)c1ccc(C)cc1. The second-order valence-corrected chi connectivity index (χ2v) is 8.12. The van der Waals surface area contributed by atoms with Gasteiger partial charge in [0.05, 0.1) is 17.5 Å². The van der Waals surface area contributed by atoms with Gasteiger partial charge in [-0.1, -0.05) is 31.0 Å². The number of esters is 1. The minimum Gasteiger partial charge on any atom is -0.464 e. The van der Waals surface area contributed by atoms with Crippen molar-refractivity contribution in [2.24, 2.45) is 0 Å². The van der Waals surface area contributed by atoms with E-state index in [9.17, 15) is 18.0 Å². The first-order valence-corrected chi connectivity index (χ1v) is 9.98. The van der Waals surface area contributed by atoms with Crippen LogP contribution in [0.5, 0.6) is 0 Å². The van der Waals surface area contributed by atoms with Gasteiger partial charge in [0.25, 0.3) is 0 Å². The molecule has 1 fully saturated rings. The average molecular weight is 368 g/mol. The molecule has 0 radical (unpaired) electrons. The Morgan fingerprint density at radius 2 is 2.00 bits per heavy atom. The third-order valence-corrected chi connectivity index (χ3v) is 5.56. The Balaban J connectivity index is 1.97. The summed E-state index contributed by atoms with van der Waals surface area (Å²) < 4.78 is 29.5. The molecule has 0 spiro atoms. The van der Waals surface area contributed by atoms with Crippen LogP contribution in [-0.4, -0.2) is 44.9 Å². The van der Waals surface area contributed by atoms with Gasteiger partial charge in [0.15, 0.2) is 9.84 Å². The number of cyclic esters (lactones) is 1. The van der Waals surface area contributed by atoms with Gasteiger partial charge in [0, 0.05) is 6.42 Å². The maximum atomic E-state index is 12.4. The Morgan fingerprint density at radius 1 is 1.32 bits per heavy atom. The number of carbonyl (C=O) groups excluding carboxylic acids is 2. The van der Waals surface area contributed by atoms with Gasteiger partial charge < -0.3 is 10.1 Å². The number of hydrogen-bond donors (Lipinski definition) is 2. The second kappa shape index (κ2) is 8.44. The van der Waals surface area contributed by atoms with Crippen molar-refractivity contribution in [2.75, 3.05) is 12.5 Å². The molecule has 1 aliphatic heterocycles. The topological polar surface area (TPSA) is 102 Å². The minimum atomic E-state index is -3.61. The number of hydrogen-bond acceptors (Lipinski definition) is 6. The highest BCUT2D eigenvalue weighted by Crippen LogP contribution is 2.12. The average Bonchev–Trinajstić information content (AvgIpc) is 2.98. The summed E-state index contributed by atoms with van der Waals surface area (Å²) in [5, 5.41) is 5.44. The molecule has 1 heterocycles. The number of benzene rings is 1. The van der Waals surface area contributed by atoms with Gasteiger partial charge in [-0.3, -0.25) is 14.9 Å². The summed E-state index contributed by atoms with van der Waals surface area (Å²) in [4.78, 5) is 24.1. The Labute approximate surface area is 148 Å². The lowest BCUT2D eigenvalue weighted by molar-refractivity contribution is -0.140. The molecule has 25 heavy (non-hydrogen) atoms. The summed E-state index contributed by atoms with van der Waals surface area (Å²) in [6.45, 7) is 4.12. The molecule has 0 aromatic heterocycles. The molecule has 1 aromatic carbocycles. The number of nitrogens with one attached hydrogen (secondary N) is 2. The number of aryl methyl sites for hydroxylation is 1. The molecule has 138 valence electrons. The van der Waals surface area contributed by atoms with Crippen molar-refractivity contribution >= 4 is 21.7 Å². The number of ether oxygens (including phenoxy) is 1. The molecular formula is C17H24N2O5S. The fourth-order valence-corrected chi connectivity index (χ4v) is 3.64. The highest BCUT2D eigenvalue weighted by Gasteiger charge is 2.31. The van der Waals surface area contributed by atoms with Crippen LogP contribution in [0.25, 0.3) is 0 Å². The molecule has 8 heteroatoms. The molecule has 2 atom stereocenters. The highest BCUT2D eigenvalue weighted by atomic mass is 32.2. The number of sulfone groups is 1. The largest absolute Gasteiger partial charge is 0.464 e. The first-order valence-electron chi connectivity index (χ1n) is 8.33. The van der Waals surface area contributed by atoms with E-state index in [-0.39, 0.29) is 10.9 Å². The van der Waals surface area contributed by atoms with Crippen molar-refractivity contribution in [1.82, 2.24) is 10.6 Å². The van der Waals surface area contributed by atoms with Gasteiger partial charge in [-0.2, -0.15) is 0 Å². The summed E-state index contributed by atoms with van der Waals surface area (Å²) in [7, 11) is -3.61. The Morgan fingerprint density at radius 3 is 2.56 bits per heavy atom. The molecule has 2 N–H and O–H groups in total. The van der Waals surface area contributed by atoms with Crippen LogP contribution in [0.2, 0.25) is 0 Å². The van der Waals surface area contributed by atoms with E-state index in [1.165, 1.54) is 12.1 Å². The maximum absolute atomic E-state index is 12.4. The van der Waals surface area contributed by atoms with Crippen molar-refractivity contribution in [3.8, 4) is 0 Å². The van der Waals surface area contributed by atoms with Crippen LogP contribution in [0.3, 0.4) is 0 Å². The lowest BCUT2D eigenvalue weighted by Crippen LogP contribution is -2.50. The molecular weight excluding hydrogens is 344 g/mol. The third-order valence-electron chi connectivity index (χ3n) is 4.05. The van der Waals surface area contributed by atoms with E-state index in [1.807, 2.05) is 13.8 Å². The van der Waals surface area contributed by atoms with Crippen LogP contribution in [0.15, 0.2) is 29.2 Å². The highest BCUT2D eigenvalue weighted by molar-refractivity contribution is 7.91. The van der Waals surface area contributed by atoms with Crippen molar-refractivity contribution < 1.29 is 22.7 Å². The number of carbonyl (C=O) groups is 2. The van der Waals surface area contributed by atoms with Gasteiger partial charge in [0.1, 0.15) is 11.9 Å². The summed E-state index contributed by atoms with van der Waals surface area (Å²) in [5.41, 5.74) is 0.957. The van der Waals surface area contributed by atoms with Gasteiger partial charge in [0.2, 0.25) is 5.91 Å². The van der Waals surface area contributed by atoms with Gasteiger partial charge in [-0.05, 0) is 25.5 Å². The molecule has 1 aromatic rings. The summed E-state index contributed by atoms with van der Waals surface area (Å²) in [5.74, 6) is -1.29. The van der Waals surface area contributed by atoms with E-state index >= 15 is 0 Å². The fraction of sp³-hybridized carbons (Fsp3) is 0.529. The van der Waals surface area contributed by atoms with Gasteiger partial charge in [-0.25, -0.2) is 8.42 Å². The van der Waals surface area contributed by atoms with E-state index in [4.69, 9.17) is 4.74 Å². The Kier molecular flexibility index (Phi) is 6.55. The van der Waals surface area contributed by atoms with Crippen molar-refractivity contribution in [1.29, 1.82) is 0 Å². The monoisotopic (exact) mass is 368 g/mol. The summed E-state index contributed by atoms with van der Waals surface area (Å²) in [6.07, 6.45) is 1.73. The van der Waals surface area contributed by atoms with Crippen LogP contribution < -0.4 is 10.6 Å². The molecule has 0 unspecified atom stereocenters. The zero-order chi connectivity index (χ0) is 18.4. The van der Waals surface area contributed by atoms with Gasteiger partial charge in [-0.15, -0.1) is 0 Å². The summed E-state index contributed by atoms with van der Waals surface area (Å²) in [6, 6.07) is 5.31. The molecule has 1 aliphatic rings. The number of rotatable bonds is 8. The predicted octanol–water partition coefficient (Wildman–Crippen LogP) is 0.916. The van der Waals surface area contributed by atoms with Crippen LogP contribution in [0.4, 0.5) is 0 Å². The smallest absolute Gasteiger partial charge is 0.323 e. The Hall–Kier alpha value is -1.93. The zero-order valence-electron chi connectivity index (χ0n) is 14.4. The van der Waals surface area contributed by atoms with Crippen LogP contribution in [0, 0.1) is 6.92 Å². The van der Waals surface area contributed by atoms with E-state index in [0.29, 0.717) is 19.4 Å². The molecule has 0 bridgehead atoms. The molecule has 1 saturated heterocycles. The predicted molar refractivity (Wildman–Crippen MR) is 92.6 cm³/mol.